The van der Waals surface area contributed by atoms with Crippen LogP contribution in [-0.2, 0) is 24.4 Å². The lowest BCUT2D eigenvalue weighted by Crippen LogP contribution is -2.27. The lowest BCUT2D eigenvalue weighted by atomic mass is 10.1. The Morgan fingerprint density at radius 3 is 2.72 bits per heavy atom. The van der Waals surface area contributed by atoms with Crippen LogP contribution in [-0.4, -0.2) is 41.3 Å². The third kappa shape index (κ3) is 5.00. The molecule has 4 aromatic heterocycles. The molecule has 0 radical (unpaired) electrons. The van der Waals surface area contributed by atoms with Gasteiger partial charge in [-0.25, -0.2) is 4.98 Å². The van der Waals surface area contributed by atoms with Gasteiger partial charge in [0.15, 0.2) is 5.78 Å². The zero-order chi connectivity index (χ0) is 26.9. The molecular formula is C29H25ClN6O3. The van der Waals surface area contributed by atoms with E-state index in [-0.39, 0.29) is 42.2 Å². The standard InChI is InChI=1S/C29H25ClN6O3/c30-26-11-10-18(14-31-26)15-35-12-4-6-20(29(35)39)25(37)8-3-9-27(38)36-16-21-24(17-36)33-34-28(21)23-13-19-5-1-2-7-22(19)32-23/h1-2,4-7,10-14,32H,3,8-9,15-17H2,(H,33,34). The van der Waals surface area contributed by atoms with Crippen LogP contribution in [0.15, 0.2) is 71.8 Å². The molecule has 196 valence electrons. The van der Waals surface area contributed by atoms with Crippen molar-refractivity contribution in [2.75, 3.05) is 0 Å². The van der Waals surface area contributed by atoms with Crippen molar-refractivity contribution in [2.24, 2.45) is 0 Å². The van der Waals surface area contributed by atoms with E-state index in [1.165, 1.54) is 10.6 Å². The lowest BCUT2D eigenvalue weighted by molar-refractivity contribution is -0.131. The van der Waals surface area contributed by atoms with Gasteiger partial charge in [0.2, 0.25) is 5.91 Å². The van der Waals surface area contributed by atoms with Crippen molar-refractivity contribution in [3.63, 3.8) is 0 Å². The number of nitrogens with one attached hydrogen (secondary N) is 2. The average molecular weight is 541 g/mol. The molecular weight excluding hydrogens is 516 g/mol. The average Bonchev–Trinajstić information content (AvgIpc) is 3.65. The largest absolute Gasteiger partial charge is 0.353 e. The number of ketones is 1. The number of para-hydroxylation sites is 1. The number of halogens is 1. The van der Waals surface area contributed by atoms with Gasteiger partial charge in [0.05, 0.1) is 36.6 Å². The summed E-state index contributed by atoms with van der Waals surface area (Å²) in [6, 6.07) is 16.8. The number of carbonyl (C=O) groups is 2. The Labute approximate surface area is 228 Å². The molecule has 0 fully saturated rings. The first-order valence-corrected chi connectivity index (χ1v) is 13.1. The van der Waals surface area contributed by atoms with E-state index in [9.17, 15) is 14.4 Å². The highest BCUT2D eigenvalue weighted by atomic mass is 35.5. The van der Waals surface area contributed by atoms with Crippen LogP contribution >= 0.6 is 11.6 Å². The quantitative estimate of drug-likeness (QED) is 0.218. The van der Waals surface area contributed by atoms with Crippen LogP contribution in [0.25, 0.3) is 22.3 Å². The Bertz CT molecular complexity index is 1720. The first kappa shape index (κ1) is 24.8. The van der Waals surface area contributed by atoms with Crippen LogP contribution < -0.4 is 5.56 Å². The Balaban J connectivity index is 1.06. The first-order valence-electron chi connectivity index (χ1n) is 12.7. The molecule has 0 aliphatic carbocycles. The zero-order valence-corrected chi connectivity index (χ0v) is 21.7. The molecule has 0 atom stereocenters. The van der Waals surface area contributed by atoms with E-state index in [4.69, 9.17) is 11.6 Å². The molecule has 5 heterocycles. The molecule has 0 spiro atoms. The highest BCUT2D eigenvalue weighted by molar-refractivity contribution is 6.29. The Morgan fingerprint density at radius 1 is 1.03 bits per heavy atom. The number of amides is 1. The number of fused-ring (bicyclic) bond motifs is 2. The maximum Gasteiger partial charge on any atom is 0.261 e. The van der Waals surface area contributed by atoms with Crippen LogP contribution in [0.3, 0.4) is 0 Å². The van der Waals surface area contributed by atoms with E-state index in [0.717, 1.165) is 39.1 Å². The molecule has 1 amide bonds. The molecule has 1 aliphatic heterocycles. The van der Waals surface area contributed by atoms with E-state index < -0.39 is 0 Å². The van der Waals surface area contributed by atoms with Crippen molar-refractivity contribution < 1.29 is 9.59 Å². The number of aromatic amines is 2. The van der Waals surface area contributed by atoms with Crippen molar-refractivity contribution in [3.8, 4) is 11.4 Å². The second kappa shape index (κ2) is 10.3. The molecule has 2 N–H and O–H groups in total. The summed E-state index contributed by atoms with van der Waals surface area (Å²) >= 11 is 5.83. The molecule has 0 saturated carbocycles. The molecule has 5 aromatic rings. The molecule has 0 bridgehead atoms. The van der Waals surface area contributed by atoms with Crippen LogP contribution in [0, 0.1) is 0 Å². The third-order valence-corrected chi connectivity index (χ3v) is 7.27. The van der Waals surface area contributed by atoms with Crippen molar-refractivity contribution in [2.45, 2.75) is 38.9 Å². The number of H-pyrrole nitrogens is 2. The van der Waals surface area contributed by atoms with E-state index >= 15 is 0 Å². The van der Waals surface area contributed by atoms with Gasteiger partial charge in [-0.15, -0.1) is 0 Å². The summed E-state index contributed by atoms with van der Waals surface area (Å²) in [5.41, 5.74) is 5.26. The van der Waals surface area contributed by atoms with Crippen LogP contribution in [0.5, 0.6) is 0 Å². The Kier molecular flexibility index (Phi) is 6.58. The summed E-state index contributed by atoms with van der Waals surface area (Å²) in [4.78, 5) is 47.9. The van der Waals surface area contributed by atoms with Crippen molar-refractivity contribution in [1.29, 1.82) is 0 Å². The molecule has 0 unspecified atom stereocenters. The van der Waals surface area contributed by atoms with Crippen molar-refractivity contribution >= 4 is 34.2 Å². The predicted molar refractivity (Wildman–Crippen MR) is 147 cm³/mol. The fraction of sp³-hybridized carbons (Fsp3) is 0.207. The number of Topliss-reactive ketones (excluding diaryl/α,β-unsaturated/α-hetero) is 1. The first-order chi connectivity index (χ1) is 19.0. The number of carbonyl (C=O) groups excluding carboxylic acids is 2. The second-order valence-corrected chi connectivity index (χ2v) is 10.1. The van der Waals surface area contributed by atoms with E-state index in [2.05, 4.69) is 26.2 Å². The van der Waals surface area contributed by atoms with Gasteiger partial charge < -0.3 is 14.5 Å². The number of rotatable bonds is 8. The van der Waals surface area contributed by atoms with Crippen LogP contribution in [0.4, 0.5) is 0 Å². The zero-order valence-electron chi connectivity index (χ0n) is 21.0. The predicted octanol–water partition coefficient (Wildman–Crippen LogP) is 4.71. The monoisotopic (exact) mass is 540 g/mol. The number of benzene rings is 1. The van der Waals surface area contributed by atoms with Gasteiger partial charge in [0.25, 0.3) is 5.56 Å². The maximum atomic E-state index is 13.0. The van der Waals surface area contributed by atoms with Crippen molar-refractivity contribution in [1.82, 2.24) is 29.6 Å². The second-order valence-electron chi connectivity index (χ2n) is 9.67. The number of hydrogen-bond acceptors (Lipinski definition) is 5. The van der Waals surface area contributed by atoms with Crippen LogP contribution in [0.1, 0.15) is 46.4 Å². The summed E-state index contributed by atoms with van der Waals surface area (Å²) in [6.45, 7) is 1.21. The summed E-state index contributed by atoms with van der Waals surface area (Å²) in [5, 5.41) is 9.03. The number of nitrogens with zero attached hydrogens (tertiary/aromatic N) is 4. The lowest BCUT2D eigenvalue weighted by Gasteiger charge is -2.15. The molecule has 1 aliphatic rings. The molecule has 39 heavy (non-hydrogen) atoms. The summed E-state index contributed by atoms with van der Waals surface area (Å²) in [7, 11) is 0. The van der Waals surface area contributed by atoms with E-state index in [1.54, 1.807) is 35.5 Å². The highest BCUT2D eigenvalue weighted by Gasteiger charge is 2.29. The van der Waals surface area contributed by atoms with E-state index in [0.29, 0.717) is 24.7 Å². The minimum Gasteiger partial charge on any atom is -0.353 e. The SMILES string of the molecule is O=C(CCCC(=O)N1Cc2[nH]nc(-c3cc4ccccc4[nH]3)c2C1)c1cccn(Cc2ccc(Cl)nc2)c1=O. The number of aromatic nitrogens is 5. The third-order valence-electron chi connectivity index (χ3n) is 7.05. The molecule has 10 heteroatoms. The van der Waals surface area contributed by atoms with Crippen LogP contribution in [0.2, 0.25) is 5.15 Å². The van der Waals surface area contributed by atoms with Gasteiger partial charge in [0, 0.05) is 41.7 Å². The Morgan fingerprint density at radius 2 is 1.90 bits per heavy atom. The van der Waals surface area contributed by atoms with Gasteiger partial charge in [-0.1, -0.05) is 35.9 Å². The summed E-state index contributed by atoms with van der Waals surface area (Å²) in [6.07, 6.45) is 3.95. The topological polar surface area (TPSA) is 117 Å². The number of hydrogen-bond donors (Lipinski definition) is 2. The normalized spacial score (nSPS) is 12.7. The highest BCUT2D eigenvalue weighted by Crippen LogP contribution is 2.32. The van der Waals surface area contributed by atoms with Gasteiger partial charge in [-0.05, 0) is 42.3 Å². The summed E-state index contributed by atoms with van der Waals surface area (Å²) < 4.78 is 1.47. The van der Waals surface area contributed by atoms with Gasteiger partial charge in [-0.3, -0.25) is 19.5 Å². The minimum atomic E-state index is -0.362. The molecule has 9 nitrogen and oxygen atoms in total. The fourth-order valence-corrected chi connectivity index (χ4v) is 5.12. The molecule has 1 aromatic carbocycles. The molecule has 0 saturated heterocycles. The van der Waals surface area contributed by atoms with Crippen molar-refractivity contribution in [3.05, 3.63) is 105 Å². The minimum absolute atomic E-state index is 0.0318. The fourth-order valence-electron chi connectivity index (χ4n) is 5.00. The smallest absolute Gasteiger partial charge is 0.261 e. The number of pyridine rings is 2. The van der Waals surface area contributed by atoms with Gasteiger partial charge in [0.1, 0.15) is 10.8 Å². The van der Waals surface area contributed by atoms with E-state index in [1.807, 2.05) is 24.3 Å². The molecule has 6 rings (SSSR count). The van der Waals surface area contributed by atoms with Gasteiger partial charge in [-0.2, -0.15) is 5.10 Å². The Hall–Kier alpha value is -4.50. The maximum absolute atomic E-state index is 13.0. The summed E-state index contributed by atoms with van der Waals surface area (Å²) in [5.74, 6) is -0.302. The van der Waals surface area contributed by atoms with Gasteiger partial charge >= 0.3 is 0 Å².